The second-order valence-electron chi connectivity index (χ2n) is 13.1. The molecule has 2 unspecified atom stereocenters. The molecule has 3 N–H and O–H groups in total. The number of esters is 2. The van der Waals surface area contributed by atoms with Gasteiger partial charge in [-0.2, -0.15) is 0 Å². The van der Waals surface area contributed by atoms with Crippen LogP contribution in [-0.2, 0) is 32.7 Å². The molecule has 9 nitrogen and oxygen atoms in total. The molecule has 59 heavy (non-hydrogen) atoms. The van der Waals surface area contributed by atoms with Crippen molar-refractivity contribution in [3.63, 3.8) is 0 Å². The lowest BCUT2D eigenvalue weighted by Crippen LogP contribution is -2.29. The van der Waals surface area contributed by atoms with E-state index in [1.54, 1.807) is 0 Å². The summed E-state index contributed by atoms with van der Waals surface area (Å²) in [6.45, 7) is 3.28. The molecule has 0 aromatic heterocycles. The summed E-state index contributed by atoms with van der Waals surface area (Å²) in [6, 6.07) is 0. The Bertz CT molecular complexity index is 1460. The van der Waals surface area contributed by atoms with Crippen molar-refractivity contribution in [2.75, 3.05) is 26.4 Å². The zero-order chi connectivity index (χ0) is 43.2. The van der Waals surface area contributed by atoms with Gasteiger partial charge in [0.15, 0.2) is 6.10 Å². The fourth-order valence-corrected chi connectivity index (χ4v) is 5.45. The monoisotopic (exact) mass is 836 g/mol. The van der Waals surface area contributed by atoms with Gasteiger partial charge < -0.3 is 20.1 Å². The van der Waals surface area contributed by atoms with Crippen LogP contribution in [0, 0.1) is 0 Å². The minimum Gasteiger partial charge on any atom is -0.462 e. The third kappa shape index (κ3) is 43.3. The Balaban J connectivity index is 4.45. The first-order chi connectivity index (χ1) is 28.8. The minimum atomic E-state index is -4.43. The number of allylic oxidation sites excluding steroid dienone is 24. The Hall–Kier alpha value is -4.11. The molecule has 0 aliphatic rings. The smallest absolute Gasteiger partial charge is 0.462 e. The van der Waals surface area contributed by atoms with Crippen LogP contribution in [0.1, 0.15) is 117 Å². The van der Waals surface area contributed by atoms with Crippen molar-refractivity contribution in [3.05, 3.63) is 146 Å². The average Bonchev–Trinajstić information content (AvgIpc) is 3.22. The van der Waals surface area contributed by atoms with Crippen molar-refractivity contribution >= 4 is 19.8 Å². The molecule has 0 aliphatic carbocycles. The van der Waals surface area contributed by atoms with Gasteiger partial charge in [-0.1, -0.05) is 160 Å². The van der Waals surface area contributed by atoms with E-state index >= 15 is 0 Å². The van der Waals surface area contributed by atoms with Crippen LogP contribution in [0.2, 0.25) is 0 Å². The SMILES string of the molecule is CC/C=C/C/C=C/C/C=C/C/C=C/C/C=C/C/C=C/CCC(=O)OCC(COP(=O)(O)OCCN)OC(=O)CC/C=C/C/C=C/C/C=C/C/C=C/C/C=C/C/C=C/CC. The number of carbonyl (C=O) groups is 2. The second-order valence-corrected chi connectivity index (χ2v) is 14.5. The number of hydrogen-bond acceptors (Lipinski definition) is 8. The van der Waals surface area contributed by atoms with Crippen LogP contribution in [0.5, 0.6) is 0 Å². The molecule has 10 heteroatoms. The van der Waals surface area contributed by atoms with Crippen LogP contribution in [0.4, 0.5) is 0 Å². The zero-order valence-electron chi connectivity index (χ0n) is 35.9. The van der Waals surface area contributed by atoms with Gasteiger partial charge in [0.2, 0.25) is 0 Å². The number of phosphoric ester groups is 1. The van der Waals surface area contributed by atoms with Crippen molar-refractivity contribution in [3.8, 4) is 0 Å². The molecule has 2 atom stereocenters. The van der Waals surface area contributed by atoms with Crippen molar-refractivity contribution < 1.29 is 37.6 Å². The highest BCUT2D eigenvalue weighted by molar-refractivity contribution is 7.47. The Kier molecular flexibility index (Phi) is 40.4. The number of nitrogens with two attached hydrogens (primary N) is 1. The highest BCUT2D eigenvalue weighted by Crippen LogP contribution is 2.43. The summed E-state index contributed by atoms with van der Waals surface area (Å²) in [7, 11) is -4.43. The van der Waals surface area contributed by atoms with Gasteiger partial charge in [-0.05, 0) is 89.9 Å². The van der Waals surface area contributed by atoms with Crippen LogP contribution in [0.3, 0.4) is 0 Å². The van der Waals surface area contributed by atoms with Gasteiger partial charge in [0.05, 0.1) is 13.2 Å². The van der Waals surface area contributed by atoms with Crippen molar-refractivity contribution in [1.29, 1.82) is 0 Å². The summed E-state index contributed by atoms with van der Waals surface area (Å²) in [5, 5.41) is 0. The molecular formula is C49H74NO8P. The van der Waals surface area contributed by atoms with Gasteiger partial charge in [0, 0.05) is 19.4 Å². The predicted octanol–water partition coefficient (Wildman–Crippen LogP) is 12.5. The van der Waals surface area contributed by atoms with E-state index in [0.717, 1.165) is 77.0 Å². The predicted molar refractivity (Wildman–Crippen MR) is 247 cm³/mol. The zero-order valence-corrected chi connectivity index (χ0v) is 36.8. The van der Waals surface area contributed by atoms with E-state index < -0.39 is 32.5 Å². The van der Waals surface area contributed by atoms with E-state index in [1.807, 2.05) is 24.3 Å². The molecule has 0 fully saturated rings. The third-order valence-electron chi connectivity index (χ3n) is 7.75. The van der Waals surface area contributed by atoms with E-state index in [0.29, 0.717) is 12.8 Å². The van der Waals surface area contributed by atoms with Crippen molar-refractivity contribution in [2.45, 2.75) is 123 Å². The number of rotatable bonds is 37. The topological polar surface area (TPSA) is 134 Å². The van der Waals surface area contributed by atoms with E-state index in [1.165, 1.54) is 0 Å². The molecule has 0 bridgehead atoms. The molecule has 0 aromatic rings. The first-order valence-corrected chi connectivity index (χ1v) is 22.8. The Morgan fingerprint density at radius 2 is 0.814 bits per heavy atom. The first-order valence-electron chi connectivity index (χ1n) is 21.3. The van der Waals surface area contributed by atoms with E-state index in [4.69, 9.17) is 24.3 Å². The second kappa shape index (κ2) is 43.5. The fourth-order valence-electron chi connectivity index (χ4n) is 4.68. The van der Waals surface area contributed by atoms with Crippen molar-refractivity contribution in [1.82, 2.24) is 0 Å². The van der Waals surface area contributed by atoms with Gasteiger partial charge in [0.25, 0.3) is 0 Å². The standard InChI is InChI=1S/C49H74NO8P/c1-3-5-7-9-11-13-15-17-19-21-23-25-27-29-31-33-35-37-39-41-48(51)55-45-47(46-57-59(53,54)56-44-43-50)58-49(52)42-40-38-36-34-32-30-28-26-24-22-20-18-16-14-12-10-8-6-4-2/h5-8,11-14,17-20,23-26,29-32,35-38,47H,3-4,9-10,15-16,21-22,27-28,33-34,39-46,50H2,1-2H3,(H,53,54)/b7-5+,8-6+,13-11+,14-12+,19-17+,20-18+,25-23+,26-24+,31-29+,32-30+,37-35+,38-36+. The number of hydrogen-bond donors (Lipinski definition) is 2. The molecule has 0 rings (SSSR count). The van der Waals surface area contributed by atoms with E-state index in [2.05, 4.69) is 135 Å². The van der Waals surface area contributed by atoms with Gasteiger partial charge in [-0.3, -0.25) is 18.6 Å². The van der Waals surface area contributed by atoms with E-state index in [9.17, 15) is 19.0 Å². The van der Waals surface area contributed by atoms with Crippen LogP contribution in [0.15, 0.2) is 146 Å². The Labute approximate surface area is 356 Å². The normalized spacial score (nSPS) is 14.7. The molecular weight excluding hydrogens is 762 g/mol. The summed E-state index contributed by atoms with van der Waals surface area (Å²) in [4.78, 5) is 34.8. The highest BCUT2D eigenvalue weighted by Gasteiger charge is 2.25. The Morgan fingerprint density at radius 1 is 0.492 bits per heavy atom. The maximum absolute atomic E-state index is 12.5. The first kappa shape index (κ1) is 54.9. The lowest BCUT2D eigenvalue weighted by Gasteiger charge is -2.19. The number of phosphoric acid groups is 1. The minimum absolute atomic E-state index is 0.0231. The van der Waals surface area contributed by atoms with Gasteiger partial charge in [0.1, 0.15) is 6.61 Å². The maximum Gasteiger partial charge on any atom is 0.472 e. The molecule has 0 radical (unpaired) electrons. The summed E-state index contributed by atoms with van der Waals surface area (Å²) < 4.78 is 32.6. The molecule has 0 saturated heterocycles. The lowest BCUT2D eigenvalue weighted by molar-refractivity contribution is -0.161. The molecule has 0 heterocycles. The summed E-state index contributed by atoms with van der Waals surface area (Å²) >= 11 is 0. The highest BCUT2D eigenvalue weighted by atomic mass is 31.2. The average molecular weight is 836 g/mol. The molecule has 0 spiro atoms. The van der Waals surface area contributed by atoms with Gasteiger partial charge >= 0.3 is 19.8 Å². The largest absolute Gasteiger partial charge is 0.472 e. The third-order valence-corrected chi connectivity index (χ3v) is 8.73. The lowest BCUT2D eigenvalue weighted by atomic mass is 10.2. The molecule has 0 amide bonds. The van der Waals surface area contributed by atoms with Crippen LogP contribution in [0.25, 0.3) is 0 Å². The fraction of sp³-hybridized carbons (Fsp3) is 0.469. The van der Waals surface area contributed by atoms with Gasteiger partial charge in [-0.15, -0.1) is 0 Å². The summed E-state index contributed by atoms with van der Waals surface area (Å²) in [5.74, 6) is -1.04. The van der Waals surface area contributed by atoms with Crippen LogP contribution in [-0.4, -0.2) is 49.3 Å². The number of carbonyl (C=O) groups excluding carboxylic acids is 2. The van der Waals surface area contributed by atoms with Crippen LogP contribution >= 0.6 is 7.82 Å². The molecule has 0 aromatic carbocycles. The van der Waals surface area contributed by atoms with Gasteiger partial charge in [-0.25, -0.2) is 4.57 Å². The van der Waals surface area contributed by atoms with E-state index in [-0.39, 0.29) is 32.6 Å². The van der Waals surface area contributed by atoms with Crippen LogP contribution < -0.4 is 5.73 Å². The molecule has 0 aliphatic heterocycles. The summed E-state index contributed by atoms with van der Waals surface area (Å²) in [6.07, 6.45) is 61.9. The van der Waals surface area contributed by atoms with Crippen molar-refractivity contribution in [2.24, 2.45) is 5.73 Å². The maximum atomic E-state index is 12.5. The number of ether oxygens (including phenoxy) is 2. The Morgan fingerprint density at radius 3 is 1.15 bits per heavy atom. The quantitative estimate of drug-likeness (QED) is 0.0356. The molecule has 328 valence electrons. The summed E-state index contributed by atoms with van der Waals surface area (Å²) in [5.41, 5.74) is 5.34. The molecule has 0 saturated carbocycles.